The van der Waals surface area contributed by atoms with Crippen LogP contribution in [-0.2, 0) is 4.79 Å². The van der Waals surface area contributed by atoms with E-state index < -0.39 is 0 Å². The predicted molar refractivity (Wildman–Crippen MR) is 97.7 cm³/mol. The molecule has 0 aliphatic heterocycles. The summed E-state index contributed by atoms with van der Waals surface area (Å²) in [7, 11) is 0. The summed E-state index contributed by atoms with van der Waals surface area (Å²) in [6.07, 6.45) is 0. The smallest absolute Gasteiger partial charge is 0.258 e. The zero-order chi connectivity index (χ0) is 17.6. The molecular weight excluding hydrogens is 361 g/mol. The van der Waals surface area contributed by atoms with Gasteiger partial charge in [0, 0.05) is 9.90 Å². The number of ether oxygens (including phenoxy) is 1. The molecular formula is C19H15ClFNO2S. The number of carbonyl (C=O) groups excluding carboxylic acids is 1. The van der Waals surface area contributed by atoms with Gasteiger partial charge in [0.15, 0.2) is 6.61 Å². The maximum Gasteiger partial charge on any atom is 0.258 e. The van der Waals surface area contributed by atoms with Crippen LogP contribution in [0.4, 0.5) is 4.39 Å². The van der Waals surface area contributed by atoms with Crippen molar-refractivity contribution in [3.63, 3.8) is 0 Å². The minimum Gasteiger partial charge on any atom is -0.484 e. The number of carbonyl (C=O) groups is 1. The molecule has 0 spiro atoms. The summed E-state index contributed by atoms with van der Waals surface area (Å²) in [6, 6.07) is 16.4. The second kappa shape index (κ2) is 8.14. The van der Waals surface area contributed by atoms with Gasteiger partial charge in [0.05, 0.1) is 6.04 Å². The Morgan fingerprint density at radius 1 is 1.16 bits per heavy atom. The molecule has 0 aliphatic carbocycles. The average molecular weight is 376 g/mol. The number of benzene rings is 2. The topological polar surface area (TPSA) is 38.3 Å². The van der Waals surface area contributed by atoms with Gasteiger partial charge in [-0.2, -0.15) is 0 Å². The normalized spacial score (nSPS) is 11.8. The Morgan fingerprint density at radius 3 is 2.64 bits per heavy atom. The van der Waals surface area contributed by atoms with Gasteiger partial charge in [-0.15, -0.1) is 11.3 Å². The van der Waals surface area contributed by atoms with Crippen LogP contribution in [0.25, 0.3) is 0 Å². The molecule has 0 radical (unpaired) electrons. The molecule has 25 heavy (non-hydrogen) atoms. The van der Waals surface area contributed by atoms with Crippen molar-refractivity contribution in [3.05, 3.63) is 87.3 Å². The third-order valence-corrected chi connectivity index (χ3v) is 4.67. The van der Waals surface area contributed by atoms with Crippen LogP contribution in [0.2, 0.25) is 5.02 Å². The van der Waals surface area contributed by atoms with E-state index in [0.29, 0.717) is 10.8 Å². The minimum absolute atomic E-state index is 0.136. The highest BCUT2D eigenvalue weighted by molar-refractivity contribution is 7.10. The van der Waals surface area contributed by atoms with Gasteiger partial charge >= 0.3 is 0 Å². The van der Waals surface area contributed by atoms with Crippen molar-refractivity contribution in [2.75, 3.05) is 6.61 Å². The van der Waals surface area contributed by atoms with Crippen LogP contribution in [0, 0.1) is 5.82 Å². The lowest BCUT2D eigenvalue weighted by Crippen LogP contribution is -2.32. The highest BCUT2D eigenvalue weighted by atomic mass is 35.5. The predicted octanol–water partition coefficient (Wildman–Crippen LogP) is 4.83. The molecule has 6 heteroatoms. The van der Waals surface area contributed by atoms with Crippen LogP contribution < -0.4 is 10.1 Å². The molecule has 1 atom stereocenters. The molecule has 0 saturated carbocycles. The van der Waals surface area contributed by atoms with E-state index in [1.165, 1.54) is 23.5 Å². The first-order valence-corrected chi connectivity index (χ1v) is 8.84. The lowest BCUT2D eigenvalue weighted by molar-refractivity contribution is -0.123. The molecule has 3 rings (SSSR count). The Kier molecular flexibility index (Phi) is 5.68. The van der Waals surface area contributed by atoms with Gasteiger partial charge in [-0.05, 0) is 47.3 Å². The van der Waals surface area contributed by atoms with Crippen molar-refractivity contribution in [3.8, 4) is 5.75 Å². The maximum absolute atomic E-state index is 13.2. The highest BCUT2D eigenvalue weighted by Crippen LogP contribution is 2.26. The summed E-state index contributed by atoms with van der Waals surface area (Å²) in [5.74, 6) is -0.0656. The van der Waals surface area contributed by atoms with Crippen molar-refractivity contribution < 1.29 is 13.9 Å². The first kappa shape index (κ1) is 17.5. The molecule has 0 fully saturated rings. The number of hydrogen-bond acceptors (Lipinski definition) is 3. The largest absolute Gasteiger partial charge is 0.484 e. The number of nitrogens with one attached hydrogen (secondary N) is 1. The molecule has 0 aliphatic rings. The molecule has 1 amide bonds. The highest BCUT2D eigenvalue weighted by Gasteiger charge is 2.18. The minimum atomic E-state index is -0.351. The van der Waals surface area contributed by atoms with Crippen molar-refractivity contribution in [2.24, 2.45) is 0 Å². The lowest BCUT2D eigenvalue weighted by Gasteiger charge is -2.18. The summed E-state index contributed by atoms with van der Waals surface area (Å²) in [4.78, 5) is 13.3. The fourth-order valence-electron chi connectivity index (χ4n) is 2.34. The average Bonchev–Trinajstić information content (AvgIpc) is 3.13. The summed E-state index contributed by atoms with van der Waals surface area (Å²) in [5.41, 5.74) is 0.806. The zero-order valence-corrected chi connectivity index (χ0v) is 14.7. The van der Waals surface area contributed by atoms with Crippen LogP contribution in [0.1, 0.15) is 16.5 Å². The molecule has 128 valence electrons. The van der Waals surface area contributed by atoms with E-state index in [0.717, 1.165) is 10.4 Å². The molecule has 0 bridgehead atoms. The fourth-order valence-corrected chi connectivity index (χ4v) is 3.32. The molecule has 1 N–H and O–H groups in total. The Balaban J connectivity index is 1.69. The van der Waals surface area contributed by atoms with E-state index in [9.17, 15) is 9.18 Å². The van der Waals surface area contributed by atoms with E-state index in [2.05, 4.69) is 5.32 Å². The first-order valence-electron chi connectivity index (χ1n) is 7.58. The van der Waals surface area contributed by atoms with Crippen molar-refractivity contribution in [1.82, 2.24) is 5.32 Å². The van der Waals surface area contributed by atoms with E-state index in [4.69, 9.17) is 16.3 Å². The van der Waals surface area contributed by atoms with Gasteiger partial charge in [0.25, 0.3) is 5.91 Å². The summed E-state index contributed by atoms with van der Waals surface area (Å²) in [6.45, 7) is -0.136. The van der Waals surface area contributed by atoms with Crippen LogP contribution in [-0.4, -0.2) is 12.5 Å². The summed E-state index contributed by atoms with van der Waals surface area (Å²) in [5, 5.41) is 5.40. The molecule has 0 saturated heterocycles. The first-order chi connectivity index (χ1) is 12.1. The van der Waals surface area contributed by atoms with E-state index in [-0.39, 0.29) is 24.4 Å². The van der Waals surface area contributed by atoms with Gasteiger partial charge in [-0.25, -0.2) is 4.39 Å². The molecule has 1 heterocycles. The van der Waals surface area contributed by atoms with Crippen LogP contribution >= 0.6 is 22.9 Å². The van der Waals surface area contributed by atoms with E-state index in [1.807, 2.05) is 17.5 Å². The van der Waals surface area contributed by atoms with Crippen molar-refractivity contribution in [1.29, 1.82) is 0 Å². The monoisotopic (exact) mass is 375 g/mol. The number of hydrogen-bond donors (Lipinski definition) is 1. The van der Waals surface area contributed by atoms with Gasteiger partial charge in [0.2, 0.25) is 0 Å². The standard InChI is InChI=1S/C19H15ClFNO2S/c20-14-3-1-4-16(11-14)24-12-18(23)22-19(17-5-2-10-25-17)13-6-8-15(21)9-7-13/h1-11,19H,12H2,(H,22,23)/t19-/m0/s1. The van der Waals surface area contributed by atoms with Crippen LogP contribution in [0.5, 0.6) is 5.75 Å². The third kappa shape index (κ3) is 4.81. The molecule has 3 nitrogen and oxygen atoms in total. The van der Waals surface area contributed by atoms with Crippen LogP contribution in [0.15, 0.2) is 66.0 Å². The third-order valence-electron chi connectivity index (χ3n) is 3.50. The summed E-state index contributed by atoms with van der Waals surface area (Å²) >= 11 is 7.42. The quantitative estimate of drug-likeness (QED) is 0.670. The Labute approximate surface area is 154 Å². The van der Waals surface area contributed by atoms with Gasteiger partial charge in [0.1, 0.15) is 11.6 Å². The molecule has 2 aromatic carbocycles. The molecule has 1 aromatic heterocycles. The summed E-state index contributed by atoms with van der Waals surface area (Å²) < 4.78 is 18.6. The second-order valence-corrected chi connectivity index (χ2v) is 6.73. The second-order valence-electron chi connectivity index (χ2n) is 5.31. The van der Waals surface area contributed by atoms with E-state index >= 15 is 0 Å². The van der Waals surface area contributed by atoms with E-state index in [1.54, 1.807) is 36.4 Å². The van der Waals surface area contributed by atoms with Crippen molar-refractivity contribution >= 4 is 28.8 Å². The van der Waals surface area contributed by atoms with Gasteiger partial charge < -0.3 is 10.1 Å². The number of thiophene rings is 1. The van der Waals surface area contributed by atoms with Crippen LogP contribution in [0.3, 0.4) is 0 Å². The number of rotatable bonds is 6. The number of amides is 1. The Hall–Kier alpha value is -2.37. The molecule has 3 aromatic rings. The maximum atomic E-state index is 13.2. The fraction of sp³-hybridized carbons (Fsp3) is 0.105. The SMILES string of the molecule is O=C(COc1cccc(Cl)c1)N[C@@H](c1ccc(F)cc1)c1cccs1. The molecule has 0 unspecified atom stereocenters. The Morgan fingerprint density at radius 2 is 1.96 bits per heavy atom. The lowest BCUT2D eigenvalue weighted by atomic mass is 10.1. The van der Waals surface area contributed by atoms with Gasteiger partial charge in [-0.3, -0.25) is 4.79 Å². The number of halogens is 2. The zero-order valence-electron chi connectivity index (χ0n) is 13.1. The van der Waals surface area contributed by atoms with Gasteiger partial charge in [-0.1, -0.05) is 35.9 Å². The Bertz CT molecular complexity index is 837. The van der Waals surface area contributed by atoms with Crippen molar-refractivity contribution in [2.45, 2.75) is 6.04 Å².